The minimum absolute atomic E-state index is 0.0212. The lowest BCUT2D eigenvalue weighted by Gasteiger charge is -2.27. The summed E-state index contributed by atoms with van der Waals surface area (Å²) in [6, 6.07) is 8.62. The second-order valence-corrected chi connectivity index (χ2v) is 5.70. The summed E-state index contributed by atoms with van der Waals surface area (Å²) in [5.74, 6) is -0.0212. The molecule has 0 radical (unpaired) electrons. The van der Waals surface area contributed by atoms with Crippen molar-refractivity contribution in [1.82, 2.24) is 0 Å². The lowest BCUT2D eigenvalue weighted by atomic mass is 9.90. The van der Waals surface area contributed by atoms with Crippen molar-refractivity contribution < 1.29 is 9.53 Å². The molecule has 0 N–H and O–H groups in total. The van der Waals surface area contributed by atoms with Crippen molar-refractivity contribution in [2.75, 3.05) is 0 Å². The van der Waals surface area contributed by atoms with Gasteiger partial charge in [0.25, 0.3) is 0 Å². The third kappa shape index (κ3) is 1.50. The molecular formula is C15H18O2. The molecule has 2 atom stereocenters. The number of benzene rings is 1. The number of aryl methyl sites for hydroxylation is 1. The molecule has 3 rings (SSSR count). The molecule has 0 unspecified atom stereocenters. The Balaban J connectivity index is 1.89. The van der Waals surface area contributed by atoms with Gasteiger partial charge < -0.3 is 4.74 Å². The number of hydrogen-bond acceptors (Lipinski definition) is 2. The lowest BCUT2D eigenvalue weighted by Crippen LogP contribution is -2.32. The minimum atomic E-state index is -0.197. The van der Waals surface area contributed by atoms with E-state index in [0.717, 1.165) is 19.3 Å². The molecule has 1 spiro atoms. The maximum Gasteiger partial charge on any atom is 0.306 e. The van der Waals surface area contributed by atoms with E-state index in [4.69, 9.17) is 4.74 Å². The Morgan fingerprint density at radius 2 is 1.94 bits per heavy atom. The van der Waals surface area contributed by atoms with Crippen LogP contribution in [0.3, 0.4) is 0 Å². The molecular weight excluding hydrogens is 212 g/mol. The first kappa shape index (κ1) is 10.8. The van der Waals surface area contributed by atoms with Crippen LogP contribution in [0.15, 0.2) is 24.3 Å². The van der Waals surface area contributed by atoms with E-state index in [0.29, 0.717) is 6.42 Å². The van der Waals surface area contributed by atoms with Gasteiger partial charge >= 0.3 is 5.97 Å². The molecule has 0 amide bonds. The van der Waals surface area contributed by atoms with Crippen molar-refractivity contribution in [2.24, 2.45) is 0 Å². The van der Waals surface area contributed by atoms with E-state index in [1.165, 1.54) is 11.1 Å². The van der Waals surface area contributed by atoms with Crippen molar-refractivity contribution in [3.05, 3.63) is 35.4 Å². The van der Waals surface area contributed by atoms with Crippen molar-refractivity contribution in [3.8, 4) is 0 Å². The van der Waals surface area contributed by atoms with Gasteiger partial charge in [0.2, 0.25) is 0 Å². The zero-order valence-electron chi connectivity index (χ0n) is 10.5. The predicted molar refractivity (Wildman–Crippen MR) is 65.8 cm³/mol. The second kappa shape index (κ2) is 3.34. The van der Waals surface area contributed by atoms with E-state index in [-0.39, 0.29) is 17.0 Å². The van der Waals surface area contributed by atoms with Gasteiger partial charge in [0.05, 0.1) is 0 Å². The van der Waals surface area contributed by atoms with Crippen LogP contribution in [0, 0.1) is 6.92 Å². The number of carbonyl (C=O) groups is 1. The Morgan fingerprint density at radius 3 is 2.59 bits per heavy atom. The zero-order valence-corrected chi connectivity index (χ0v) is 10.5. The molecule has 17 heavy (non-hydrogen) atoms. The number of rotatable bonds is 1. The summed E-state index contributed by atoms with van der Waals surface area (Å²) >= 11 is 0. The Bertz CT molecular complexity index is 462. The highest BCUT2D eigenvalue weighted by molar-refractivity contribution is 5.72. The summed E-state index contributed by atoms with van der Waals surface area (Å²) in [6.07, 6.45) is 3.56. The predicted octanol–water partition coefficient (Wildman–Crippen LogP) is 3.12. The number of ether oxygens (including phenoxy) is 1. The highest BCUT2D eigenvalue weighted by Gasteiger charge is 2.68. The Kier molecular flexibility index (Phi) is 2.13. The highest BCUT2D eigenvalue weighted by Crippen LogP contribution is 2.63. The van der Waals surface area contributed by atoms with Crippen LogP contribution in [-0.4, -0.2) is 11.6 Å². The summed E-state index contributed by atoms with van der Waals surface area (Å²) in [5, 5.41) is 0. The van der Waals surface area contributed by atoms with Crippen molar-refractivity contribution >= 4 is 5.97 Å². The normalized spacial score (nSPS) is 35.8. The van der Waals surface area contributed by atoms with Crippen LogP contribution in [0.1, 0.15) is 43.7 Å². The largest absolute Gasteiger partial charge is 0.458 e. The van der Waals surface area contributed by atoms with Crippen LogP contribution in [0.25, 0.3) is 0 Å². The summed E-state index contributed by atoms with van der Waals surface area (Å²) in [7, 11) is 0. The molecule has 1 aliphatic carbocycles. The van der Waals surface area contributed by atoms with Gasteiger partial charge in [-0.15, -0.1) is 0 Å². The fourth-order valence-corrected chi connectivity index (χ4v) is 3.16. The van der Waals surface area contributed by atoms with Gasteiger partial charge in [-0.2, -0.15) is 0 Å². The first-order chi connectivity index (χ1) is 8.06. The first-order valence-electron chi connectivity index (χ1n) is 6.35. The van der Waals surface area contributed by atoms with E-state index >= 15 is 0 Å². The van der Waals surface area contributed by atoms with Crippen molar-refractivity contribution in [2.45, 2.75) is 50.5 Å². The summed E-state index contributed by atoms with van der Waals surface area (Å²) in [4.78, 5) is 11.5. The average molecular weight is 230 g/mol. The third-order valence-electron chi connectivity index (χ3n) is 4.48. The van der Waals surface area contributed by atoms with Gasteiger partial charge in [-0.3, -0.25) is 4.79 Å². The topological polar surface area (TPSA) is 26.3 Å². The number of esters is 1. The summed E-state index contributed by atoms with van der Waals surface area (Å²) in [6.45, 7) is 4.31. The first-order valence-corrected chi connectivity index (χ1v) is 6.35. The number of hydrogen-bond donors (Lipinski definition) is 0. The molecule has 90 valence electrons. The van der Waals surface area contributed by atoms with Gasteiger partial charge in [-0.25, -0.2) is 0 Å². The molecule has 1 aromatic rings. The zero-order chi connectivity index (χ0) is 12.1. The Labute approximate surface area is 102 Å². The van der Waals surface area contributed by atoms with Crippen LogP contribution >= 0.6 is 0 Å². The van der Waals surface area contributed by atoms with Crippen LogP contribution in [0.5, 0.6) is 0 Å². The maximum atomic E-state index is 11.5. The van der Waals surface area contributed by atoms with Crippen molar-refractivity contribution in [1.29, 1.82) is 0 Å². The summed E-state index contributed by atoms with van der Waals surface area (Å²) in [5.41, 5.74) is 2.42. The molecule has 2 aliphatic rings. The van der Waals surface area contributed by atoms with Crippen LogP contribution < -0.4 is 0 Å². The molecule has 1 saturated heterocycles. The smallest absolute Gasteiger partial charge is 0.306 e. The average Bonchev–Trinajstić information content (AvgIpc) is 2.84. The van der Waals surface area contributed by atoms with Gasteiger partial charge in [0, 0.05) is 18.3 Å². The summed E-state index contributed by atoms with van der Waals surface area (Å²) < 4.78 is 5.65. The fourth-order valence-electron chi connectivity index (χ4n) is 3.16. The monoisotopic (exact) mass is 230 g/mol. The van der Waals surface area contributed by atoms with E-state index in [1.807, 2.05) is 0 Å². The number of carbonyl (C=O) groups excluding carboxylic acids is 1. The molecule has 0 aromatic heterocycles. The Morgan fingerprint density at radius 1 is 1.24 bits per heavy atom. The van der Waals surface area contributed by atoms with E-state index in [9.17, 15) is 4.79 Å². The fraction of sp³-hybridized carbons (Fsp3) is 0.533. The van der Waals surface area contributed by atoms with Gasteiger partial charge in [-0.1, -0.05) is 36.8 Å². The second-order valence-electron chi connectivity index (χ2n) is 5.70. The van der Waals surface area contributed by atoms with Crippen LogP contribution in [0.4, 0.5) is 0 Å². The Hall–Kier alpha value is -1.31. The lowest BCUT2D eigenvalue weighted by molar-refractivity contribution is -0.157. The van der Waals surface area contributed by atoms with Gasteiger partial charge in [0.1, 0.15) is 5.60 Å². The van der Waals surface area contributed by atoms with Gasteiger partial charge in [-0.05, 0) is 25.3 Å². The molecule has 2 nitrogen and oxygen atoms in total. The molecule has 1 aromatic carbocycles. The standard InChI is InChI=1S/C15H18O2/c1-11-5-7-12(8-6-11)14(2)10-15(14)9-3-4-13(16)17-15/h5-8H,3-4,9-10H2,1-2H3/t14-,15+/m1/s1. The van der Waals surface area contributed by atoms with Gasteiger partial charge in [0.15, 0.2) is 0 Å². The molecule has 2 fully saturated rings. The molecule has 1 aliphatic heterocycles. The van der Waals surface area contributed by atoms with Crippen molar-refractivity contribution in [3.63, 3.8) is 0 Å². The minimum Gasteiger partial charge on any atom is -0.458 e. The van der Waals surface area contributed by atoms with E-state index in [1.54, 1.807) is 0 Å². The molecule has 1 heterocycles. The third-order valence-corrected chi connectivity index (χ3v) is 4.48. The quantitative estimate of drug-likeness (QED) is 0.693. The van der Waals surface area contributed by atoms with E-state index < -0.39 is 0 Å². The van der Waals surface area contributed by atoms with Crippen LogP contribution in [-0.2, 0) is 14.9 Å². The van der Waals surface area contributed by atoms with E-state index in [2.05, 4.69) is 38.1 Å². The maximum absolute atomic E-state index is 11.5. The molecule has 2 heteroatoms. The molecule has 1 saturated carbocycles. The molecule has 0 bridgehead atoms. The SMILES string of the molecule is Cc1ccc([C@@]2(C)C[C@@]23CCCC(=O)O3)cc1. The van der Waals surface area contributed by atoms with Crippen LogP contribution in [0.2, 0.25) is 0 Å². The highest BCUT2D eigenvalue weighted by atomic mass is 16.6.